The lowest BCUT2D eigenvalue weighted by Crippen LogP contribution is -2.05. The van der Waals surface area contributed by atoms with Crippen LogP contribution in [0.2, 0.25) is 0 Å². The number of aromatic nitrogens is 2. The molecule has 0 aliphatic carbocycles. The molecule has 1 aromatic carbocycles. The Morgan fingerprint density at radius 3 is 2.82 bits per heavy atom. The number of nitrogens with one attached hydrogen (secondary N) is 1. The van der Waals surface area contributed by atoms with Gasteiger partial charge in [-0.1, -0.05) is 6.92 Å². The van der Waals surface area contributed by atoms with Gasteiger partial charge in [0.15, 0.2) is 11.6 Å². The van der Waals surface area contributed by atoms with Crippen LogP contribution in [0.5, 0.6) is 0 Å². The molecule has 1 aliphatic heterocycles. The Morgan fingerprint density at radius 2 is 2.12 bits per heavy atom. The van der Waals surface area contributed by atoms with Crippen LogP contribution in [0.1, 0.15) is 25.3 Å². The fourth-order valence-electron chi connectivity index (χ4n) is 2.20. The van der Waals surface area contributed by atoms with Crippen molar-refractivity contribution in [2.75, 3.05) is 6.61 Å². The first-order valence-corrected chi connectivity index (χ1v) is 5.61. The summed E-state index contributed by atoms with van der Waals surface area (Å²) in [7, 11) is 0. The van der Waals surface area contributed by atoms with Crippen LogP contribution in [0.25, 0.3) is 11.0 Å². The lowest BCUT2D eigenvalue weighted by Gasteiger charge is -2.10. The zero-order valence-corrected chi connectivity index (χ0v) is 9.34. The van der Waals surface area contributed by atoms with Gasteiger partial charge in [-0.3, -0.25) is 0 Å². The lowest BCUT2D eigenvalue weighted by atomic mass is 10.0. The summed E-state index contributed by atoms with van der Waals surface area (Å²) in [4.78, 5) is 7.25. The highest BCUT2D eigenvalue weighted by Gasteiger charge is 2.28. The minimum absolute atomic E-state index is 0.103. The number of ether oxygens (including phenoxy) is 1. The van der Waals surface area contributed by atoms with Crippen molar-refractivity contribution in [1.82, 2.24) is 9.97 Å². The molecular formula is C12H12F2N2O. The normalized spacial score (nSPS) is 24.6. The van der Waals surface area contributed by atoms with Crippen molar-refractivity contribution < 1.29 is 13.5 Å². The number of rotatable bonds is 1. The van der Waals surface area contributed by atoms with Crippen molar-refractivity contribution in [3.8, 4) is 0 Å². The monoisotopic (exact) mass is 238 g/mol. The topological polar surface area (TPSA) is 37.9 Å². The molecule has 0 radical (unpaired) electrons. The highest BCUT2D eigenvalue weighted by Crippen LogP contribution is 2.33. The van der Waals surface area contributed by atoms with Crippen molar-refractivity contribution in [3.63, 3.8) is 0 Å². The molecule has 3 rings (SSSR count). The van der Waals surface area contributed by atoms with Crippen LogP contribution in [-0.2, 0) is 4.74 Å². The Labute approximate surface area is 96.8 Å². The molecule has 0 saturated carbocycles. The van der Waals surface area contributed by atoms with E-state index in [0.717, 1.165) is 18.6 Å². The molecule has 3 nitrogen and oxygen atoms in total. The first kappa shape index (κ1) is 10.7. The highest BCUT2D eigenvalue weighted by atomic mass is 19.2. The van der Waals surface area contributed by atoms with E-state index < -0.39 is 11.6 Å². The molecule has 2 aromatic rings. The van der Waals surface area contributed by atoms with E-state index in [9.17, 15) is 8.78 Å². The number of benzene rings is 1. The summed E-state index contributed by atoms with van der Waals surface area (Å²) in [6.07, 6.45) is 0.873. The Bertz CT molecular complexity index is 528. The van der Waals surface area contributed by atoms with Gasteiger partial charge in [0, 0.05) is 18.7 Å². The zero-order valence-electron chi connectivity index (χ0n) is 9.34. The Hall–Kier alpha value is -1.49. The molecule has 90 valence electrons. The van der Waals surface area contributed by atoms with E-state index in [1.165, 1.54) is 0 Å². The minimum Gasteiger partial charge on any atom is -0.370 e. The van der Waals surface area contributed by atoms with Crippen molar-refractivity contribution in [1.29, 1.82) is 0 Å². The van der Waals surface area contributed by atoms with Gasteiger partial charge >= 0.3 is 0 Å². The smallest absolute Gasteiger partial charge is 0.161 e. The summed E-state index contributed by atoms with van der Waals surface area (Å²) in [6, 6.07) is 2.23. The molecule has 2 atom stereocenters. The lowest BCUT2D eigenvalue weighted by molar-refractivity contribution is 0.0883. The van der Waals surface area contributed by atoms with Crippen molar-refractivity contribution in [3.05, 3.63) is 29.6 Å². The summed E-state index contributed by atoms with van der Waals surface area (Å²) in [5.74, 6) is -0.732. The number of nitrogens with zero attached hydrogens (tertiary/aromatic N) is 1. The van der Waals surface area contributed by atoms with Gasteiger partial charge in [-0.15, -0.1) is 0 Å². The van der Waals surface area contributed by atoms with Gasteiger partial charge in [0.2, 0.25) is 0 Å². The number of halogens is 2. The number of imidazole rings is 1. The standard InChI is InChI=1S/C12H12F2N2O/c1-6-2-3-17-11(6)12-15-9-4-7(13)8(14)5-10(9)16-12/h4-6,11H,2-3H2,1H3,(H,15,16). The molecule has 1 saturated heterocycles. The average Bonchev–Trinajstić information content (AvgIpc) is 2.85. The average molecular weight is 238 g/mol. The van der Waals surface area contributed by atoms with Crippen LogP contribution < -0.4 is 0 Å². The summed E-state index contributed by atoms with van der Waals surface area (Å²) in [5, 5.41) is 0. The Balaban J connectivity index is 2.07. The summed E-state index contributed by atoms with van der Waals surface area (Å²) < 4.78 is 31.7. The maximum Gasteiger partial charge on any atom is 0.161 e. The van der Waals surface area contributed by atoms with Crippen molar-refractivity contribution >= 4 is 11.0 Å². The fourth-order valence-corrected chi connectivity index (χ4v) is 2.20. The molecule has 1 aromatic heterocycles. The molecule has 2 unspecified atom stereocenters. The van der Waals surface area contributed by atoms with Gasteiger partial charge < -0.3 is 9.72 Å². The first-order valence-electron chi connectivity index (χ1n) is 5.61. The fraction of sp³-hybridized carbons (Fsp3) is 0.417. The number of aromatic amines is 1. The van der Waals surface area contributed by atoms with E-state index in [1.807, 2.05) is 0 Å². The van der Waals surface area contributed by atoms with Crippen molar-refractivity contribution in [2.24, 2.45) is 5.92 Å². The molecule has 0 bridgehead atoms. The maximum absolute atomic E-state index is 13.1. The second kappa shape index (κ2) is 3.77. The van der Waals surface area contributed by atoms with Gasteiger partial charge in [0.1, 0.15) is 11.9 Å². The predicted octanol–water partition coefficient (Wildman–Crippen LogP) is 2.94. The van der Waals surface area contributed by atoms with E-state index in [0.29, 0.717) is 29.4 Å². The second-order valence-electron chi connectivity index (χ2n) is 4.46. The number of fused-ring (bicyclic) bond motifs is 1. The SMILES string of the molecule is CC1CCOC1c1nc2cc(F)c(F)cc2[nH]1. The van der Waals surface area contributed by atoms with Gasteiger partial charge in [0.05, 0.1) is 11.0 Å². The van der Waals surface area contributed by atoms with Crippen LogP contribution in [0.3, 0.4) is 0 Å². The molecule has 1 fully saturated rings. The van der Waals surface area contributed by atoms with Gasteiger partial charge in [-0.05, 0) is 12.3 Å². The molecular weight excluding hydrogens is 226 g/mol. The number of hydrogen-bond donors (Lipinski definition) is 1. The van der Waals surface area contributed by atoms with Crippen LogP contribution >= 0.6 is 0 Å². The van der Waals surface area contributed by atoms with Crippen LogP contribution in [-0.4, -0.2) is 16.6 Å². The largest absolute Gasteiger partial charge is 0.370 e. The molecule has 2 heterocycles. The van der Waals surface area contributed by atoms with E-state index >= 15 is 0 Å². The minimum atomic E-state index is -0.879. The van der Waals surface area contributed by atoms with Gasteiger partial charge in [-0.25, -0.2) is 13.8 Å². The quantitative estimate of drug-likeness (QED) is 0.829. The Morgan fingerprint density at radius 1 is 1.35 bits per heavy atom. The maximum atomic E-state index is 13.1. The molecule has 17 heavy (non-hydrogen) atoms. The third-order valence-corrected chi connectivity index (χ3v) is 3.20. The first-order chi connectivity index (χ1) is 8.15. The highest BCUT2D eigenvalue weighted by molar-refractivity contribution is 5.75. The van der Waals surface area contributed by atoms with Gasteiger partial charge in [-0.2, -0.15) is 0 Å². The van der Waals surface area contributed by atoms with Crippen LogP contribution in [0.4, 0.5) is 8.78 Å². The summed E-state index contributed by atoms with van der Waals surface area (Å²) in [6.45, 7) is 2.78. The zero-order chi connectivity index (χ0) is 12.0. The molecule has 0 spiro atoms. The molecule has 0 amide bonds. The van der Waals surface area contributed by atoms with Crippen LogP contribution in [0.15, 0.2) is 12.1 Å². The number of hydrogen-bond acceptors (Lipinski definition) is 2. The molecule has 1 N–H and O–H groups in total. The third-order valence-electron chi connectivity index (χ3n) is 3.20. The number of H-pyrrole nitrogens is 1. The predicted molar refractivity (Wildman–Crippen MR) is 58.5 cm³/mol. The van der Waals surface area contributed by atoms with Crippen molar-refractivity contribution in [2.45, 2.75) is 19.4 Å². The second-order valence-corrected chi connectivity index (χ2v) is 4.46. The Kier molecular flexibility index (Phi) is 2.36. The third kappa shape index (κ3) is 1.70. The van der Waals surface area contributed by atoms with E-state index in [-0.39, 0.29) is 6.10 Å². The van der Waals surface area contributed by atoms with E-state index in [4.69, 9.17) is 4.74 Å². The summed E-state index contributed by atoms with van der Waals surface area (Å²) in [5.41, 5.74) is 0.934. The molecule has 1 aliphatic rings. The van der Waals surface area contributed by atoms with E-state index in [2.05, 4.69) is 16.9 Å². The van der Waals surface area contributed by atoms with Gasteiger partial charge in [0.25, 0.3) is 0 Å². The summed E-state index contributed by atoms with van der Waals surface area (Å²) >= 11 is 0. The van der Waals surface area contributed by atoms with E-state index in [1.54, 1.807) is 0 Å². The van der Waals surface area contributed by atoms with Crippen LogP contribution in [0, 0.1) is 17.6 Å². The molecule has 5 heteroatoms.